The van der Waals surface area contributed by atoms with Crippen molar-refractivity contribution < 1.29 is 46.5 Å². The fourth-order valence-electron chi connectivity index (χ4n) is 1.61. The third-order valence-corrected chi connectivity index (χ3v) is 9.73. The van der Waals surface area contributed by atoms with E-state index in [0.29, 0.717) is 3.07 Å². The molecule has 0 aliphatic heterocycles. The van der Waals surface area contributed by atoms with E-state index in [1.807, 2.05) is 0 Å². The Balaban J connectivity index is 2.52. The van der Waals surface area contributed by atoms with Gasteiger partial charge in [-0.25, -0.2) is 0 Å². The van der Waals surface area contributed by atoms with Gasteiger partial charge in [0.1, 0.15) is 0 Å². The van der Waals surface area contributed by atoms with Crippen LogP contribution in [0.4, 0.5) is 22.0 Å². The molecule has 0 spiro atoms. The van der Waals surface area contributed by atoms with Crippen LogP contribution in [0.25, 0.3) is 0 Å². The van der Waals surface area contributed by atoms with Crippen LogP contribution in [0, 0.1) is 29.1 Å². The average molecular weight is 445 g/mol. The molecule has 0 unspecified atom stereocenters. The van der Waals surface area contributed by atoms with E-state index < -0.39 is 56.7 Å². The van der Waals surface area contributed by atoms with E-state index in [1.165, 1.54) is 0 Å². The molecular formula is C12H5F5Hg. The molecule has 0 nitrogen and oxygen atoms in total. The van der Waals surface area contributed by atoms with E-state index in [0.717, 1.165) is 0 Å². The van der Waals surface area contributed by atoms with Gasteiger partial charge >= 0.3 is 112 Å². The summed E-state index contributed by atoms with van der Waals surface area (Å²) >= 11 is -2.58. The van der Waals surface area contributed by atoms with E-state index >= 15 is 0 Å². The molecular weight excluding hydrogens is 440 g/mol. The summed E-state index contributed by atoms with van der Waals surface area (Å²) in [7, 11) is 0. The molecule has 0 saturated heterocycles. The van der Waals surface area contributed by atoms with Gasteiger partial charge < -0.3 is 0 Å². The first-order chi connectivity index (χ1) is 8.52. The SMILES string of the molecule is Fc1c(F)c(F)[c]([Hg][c]2ccccc2)c(F)c1F. The molecule has 2 aromatic carbocycles. The predicted molar refractivity (Wildman–Crippen MR) is 51.9 cm³/mol. The van der Waals surface area contributed by atoms with Crippen LogP contribution in [0.15, 0.2) is 30.3 Å². The summed E-state index contributed by atoms with van der Waals surface area (Å²) < 4.78 is 65.7. The fraction of sp³-hybridized carbons (Fsp3) is 0. The Morgan fingerprint density at radius 2 is 1.06 bits per heavy atom. The number of rotatable bonds is 2. The molecule has 0 fully saturated rings. The maximum absolute atomic E-state index is 13.4. The average Bonchev–Trinajstić information content (AvgIpc) is 2.40. The molecule has 6 heteroatoms. The van der Waals surface area contributed by atoms with Crippen LogP contribution in [0.3, 0.4) is 0 Å². The first kappa shape index (κ1) is 13.5. The van der Waals surface area contributed by atoms with Crippen molar-refractivity contribution in [1.82, 2.24) is 0 Å². The van der Waals surface area contributed by atoms with E-state index in [9.17, 15) is 22.0 Å². The molecule has 0 bridgehead atoms. The summed E-state index contributed by atoms with van der Waals surface area (Å²) in [4.78, 5) is 0. The summed E-state index contributed by atoms with van der Waals surface area (Å²) in [5.74, 6) is -9.19. The molecule has 2 aromatic rings. The van der Waals surface area contributed by atoms with Gasteiger partial charge in [-0.05, 0) is 0 Å². The monoisotopic (exact) mass is 446 g/mol. The predicted octanol–water partition coefficient (Wildman–Crippen LogP) is 2.42. The molecule has 0 aromatic heterocycles. The Kier molecular flexibility index (Phi) is 3.99. The topological polar surface area (TPSA) is 0 Å². The summed E-state index contributed by atoms with van der Waals surface area (Å²) in [6.45, 7) is 0. The van der Waals surface area contributed by atoms with Crippen LogP contribution < -0.4 is 6.14 Å². The minimum absolute atomic E-state index is 0.599. The van der Waals surface area contributed by atoms with Gasteiger partial charge in [-0.3, -0.25) is 0 Å². The van der Waals surface area contributed by atoms with Gasteiger partial charge in [0.15, 0.2) is 0 Å². The first-order valence-electron chi connectivity index (χ1n) is 5.06. The normalized spacial score (nSPS) is 10.3. The number of benzene rings is 2. The number of halogens is 5. The van der Waals surface area contributed by atoms with Gasteiger partial charge in [0.25, 0.3) is 0 Å². The second-order valence-electron chi connectivity index (χ2n) is 3.71. The Morgan fingerprint density at radius 3 is 1.56 bits per heavy atom. The van der Waals surface area contributed by atoms with Gasteiger partial charge in [0.05, 0.1) is 0 Å². The molecule has 90 valence electrons. The third-order valence-electron chi connectivity index (χ3n) is 2.52. The molecule has 0 saturated carbocycles. The molecule has 0 atom stereocenters. The van der Waals surface area contributed by atoms with Crippen LogP contribution in [0.1, 0.15) is 0 Å². The molecule has 0 N–H and O–H groups in total. The Labute approximate surface area is 112 Å². The van der Waals surface area contributed by atoms with E-state index in [1.54, 1.807) is 30.3 Å². The fourth-order valence-corrected chi connectivity index (χ4v) is 7.58. The summed E-state index contributed by atoms with van der Waals surface area (Å²) in [5.41, 5.74) is 0. The number of hydrogen-bond acceptors (Lipinski definition) is 0. The van der Waals surface area contributed by atoms with Crippen molar-refractivity contribution in [3.05, 3.63) is 59.4 Å². The zero-order chi connectivity index (χ0) is 13.3. The standard InChI is InChI=1S/C6F5.C6H5.Hg/c7-2-1-3(8)5(10)6(11)4(2)9;1-2-4-6-5-3-1;/h;1-5H;. The van der Waals surface area contributed by atoms with Crippen LogP contribution in [0.5, 0.6) is 0 Å². The van der Waals surface area contributed by atoms with Gasteiger partial charge in [-0.15, -0.1) is 0 Å². The molecule has 0 radical (unpaired) electrons. The maximum atomic E-state index is 13.4. The van der Waals surface area contributed by atoms with Gasteiger partial charge in [0.2, 0.25) is 0 Å². The Bertz CT molecular complexity index is 554. The van der Waals surface area contributed by atoms with E-state index in [-0.39, 0.29) is 0 Å². The summed E-state index contributed by atoms with van der Waals surface area (Å²) in [6.07, 6.45) is 0. The second-order valence-corrected chi connectivity index (χ2v) is 11.0. The Morgan fingerprint density at radius 1 is 0.611 bits per heavy atom. The van der Waals surface area contributed by atoms with Crippen molar-refractivity contribution in [2.24, 2.45) is 0 Å². The van der Waals surface area contributed by atoms with Crippen LogP contribution in [-0.4, -0.2) is 0 Å². The molecule has 2 rings (SSSR count). The minimum atomic E-state index is -2.58. The third kappa shape index (κ3) is 2.41. The van der Waals surface area contributed by atoms with Crippen molar-refractivity contribution >= 4 is 6.14 Å². The molecule has 0 amide bonds. The van der Waals surface area contributed by atoms with Gasteiger partial charge in [0, 0.05) is 0 Å². The van der Waals surface area contributed by atoms with Crippen molar-refractivity contribution in [2.75, 3.05) is 0 Å². The zero-order valence-corrected chi connectivity index (χ0v) is 14.5. The molecule has 0 aliphatic rings. The van der Waals surface area contributed by atoms with E-state index in [4.69, 9.17) is 0 Å². The van der Waals surface area contributed by atoms with Crippen molar-refractivity contribution in [3.8, 4) is 0 Å². The summed E-state index contributed by atoms with van der Waals surface area (Å²) in [6, 6.07) is 8.33. The van der Waals surface area contributed by atoms with Crippen molar-refractivity contribution in [1.29, 1.82) is 0 Å². The van der Waals surface area contributed by atoms with Crippen LogP contribution in [-0.2, 0) is 24.6 Å². The summed E-state index contributed by atoms with van der Waals surface area (Å²) in [5, 5.41) is 0. The van der Waals surface area contributed by atoms with Crippen LogP contribution >= 0.6 is 0 Å². The van der Waals surface area contributed by atoms with Crippen molar-refractivity contribution in [2.45, 2.75) is 0 Å². The van der Waals surface area contributed by atoms with Gasteiger partial charge in [-0.2, -0.15) is 0 Å². The van der Waals surface area contributed by atoms with Gasteiger partial charge in [-0.1, -0.05) is 0 Å². The van der Waals surface area contributed by atoms with Crippen LogP contribution in [0.2, 0.25) is 0 Å². The number of hydrogen-bond donors (Lipinski definition) is 0. The van der Waals surface area contributed by atoms with E-state index in [2.05, 4.69) is 0 Å². The second kappa shape index (κ2) is 5.34. The zero-order valence-electron chi connectivity index (χ0n) is 8.98. The van der Waals surface area contributed by atoms with Crippen molar-refractivity contribution in [3.63, 3.8) is 0 Å². The Hall–Kier alpha value is -0.975. The molecule has 0 heterocycles. The quantitative estimate of drug-likeness (QED) is 0.289. The molecule has 0 aliphatic carbocycles. The molecule has 18 heavy (non-hydrogen) atoms. The first-order valence-corrected chi connectivity index (χ1v) is 10.6.